The van der Waals surface area contributed by atoms with Gasteiger partial charge in [-0.3, -0.25) is 4.79 Å². The van der Waals surface area contributed by atoms with Gasteiger partial charge in [-0.25, -0.2) is 9.67 Å². The molecule has 7 nitrogen and oxygen atoms in total. The Morgan fingerprint density at radius 2 is 2.47 bits per heavy atom. The summed E-state index contributed by atoms with van der Waals surface area (Å²) in [5, 5.41) is 15.8. The number of nitrogens with one attached hydrogen (secondary N) is 2. The molecule has 1 amide bonds. The van der Waals surface area contributed by atoms with E-state index < -0.39 is 0 Å². The highest BCUT2D eigenvalue weighted by Crippen LogP contribution is 2.09. The lowest BCUT2D eigenvalue weighted by atomic mass is 10.2. The summed E-state index contributed by atoms with van der Waals surface area (Å²) >= 11 is 1.55. The first-order chi connectivity index (χ1) is 9.33. The van der Waals surface area contributed by atoms with E-state index in [1.807, 2.05) is 5.38 Å². The maximum Gasteiger partial charge on any atom is 0.273 e. The van der Waals surface area contributed by atoms with Crippen molar-refractivity contribution < 1.29 is 4.79 Å². The fourth-order valence-corrected chi connectivity index (χ4v) is 2.37. The minimum Gasteiger partial charge on any atom is -0.350 e. The zero-order valence-corrected chi connectivity index (χ0v) is 11.1. The van der Waals surface area contributed by atoms with Crippen LogP contribution in [-0.4, -0.2) is 45.5 Å². The lowest BCUT2D eigenvalue weighted by molar-refractivity contribution is 0.0949. The predicted octanol–water partition coefficient (Wildman–Crippen LogP) is -0.149. The van der Waals surface area contributed by atoms with Gasteiger partial charge in [0.25, 0.3) is 5.91 Å². The van der Waals surface area contributed by atoms with Crippen molar-refractivity contribution in [1.82, 2.24) is 30.6 Å². The second-order valence-corrected chi connectivity index (χ2v) is 5.10. The third kappa shape index (κ3) is 2.79. The van der Waals surface area contributed by atoms with Crippen LogP contribution in [0.15, 0.2) is 17.1 Å². The Bertz CT molecular complexity index is 547. The molecule has 1 aliphatic heterocycles. The van der Waals surface area contributed by atoms with Gasteiger partial charge in [0.05, 0.1) is 23.4 Å². The first-order valence-electron chi connectivity index (χ1n) is 6.11. The van der Waals surface area contributed by atoms with Gasteiger partial charge in [0.15, 0.2) is 5.69 Å². The van der Waals surface area contributed by atoms with Crippen LogP contribution in [0.3, 0.4) is 0 Å². The SMILES string of the molecule is O=C(NCCc1cscn1)c1cn(C2CNC2)nn1. The Labute approximate surface area is 114 Å². The van der Waals surface area contributed by atoms with Gasteiger partial charge in [-0.15, -0.1) is 16.4 Å². The first kappa shape index (κ1) is 12.2. The molecule has 0 radical (unpaired) electrons. The molecule has 19 heavy (non-hydrogen) atoms. The normalized spacial score (nSPS) is 15.2. The summed E-state index contributed by atoms with van der Waals surface area (Å²) in [4.78, 5) is 16.0. The van der Waals surface area contributed by atoms with Crippen LogP contribution in [0.4, 0.5) is 0 Å². The number of rotatable bonds is 5. The van der Waals surface area contributed by atoms with Gasteiger partial charge in [0, 0.05) is 31.4 Å². The average molecular weight is 278 g/mol. The van der Waals surface area contributed by atoms with Gasteiger partial charge in [-0.1, -0.05) is 5.21 Å². The molecule has 2 aromatic rings. The molecule has 1 aliphatic rings. The van der Waals surface area contributed by atoms with Gasteiger partial charge in [-0.2, -0.15) is 0 Å². The molecule has 0 saturated carbocycles. The third-order valence-corrected chi connectivity index (χ3v) is 3.66. The van der Waals surface area contributed by atoms with Crippen LogP contribution in [-0.2, 0) is 6.42 Å². The number of aromatic nitrogens is 4. The summed E-state index contributed by atoms with van der Waals surface area (Å²) in [5.74, 6) is -0.186. The van der Waals surface area contributed by atoms with Crippen molar-refractivity contribution in [2.24, 2.45) is 0 Å². The van der Waals surface area contributed by atoms with Gasteiger partial charge < -0.3 is 10.6 Å². The van der Waals surface area contributed by atoms with Crippen molar-refractivity contribution in [1.29, 1.82) is 0 Å². The first-order valence-corrected chi connectivity index (χ1v) is 7.05. The number of hydrogen-bond acceptors (Lipinski definition) is 6. The predicted molar refractivity (Wildman–Crippen MR) is 70.1 cm³/mol. The van der Waals surface area contributed by atoms with E-state index in [2.05, 4.69) is 25.9 Å². The van der Waals surface area contributed by atoms with Crippen LogP contribution in [0.2, 0.25) is 0 Å². The molecule has 3 rings (SSSR count). The largest absolute Gasteiger partial charge is 0.350 e. The zero-order valence-electron chi connectivity index (χ0n) is 10.2. The van der Waals surface area contributed by atoms with Crippen molar-refractivity contribution in [3.05, 3.63) is 28.5 Å². The molecule has 2 aromatic heterocycles. The molecule has 1 saturated heterocycles. The molecule has 100 valence electrons. The van der Waals surface area contributed by atoms with E-state index in [1.54, 1.807) is 27.7 Å². The van der Waals surface area contributed by atoms with E-state index in [1.165, 1.54) is 0 Å². The summed E-state index contributed by atoms with van der Waals surface area (Å²) < 4.78 is 1.74. The van der Waals surface area contributed by atoms with Crippen molar-refractivity contribution >= 4 is 17.2 Å². The van der Waals surface area contributed by atoms with E-state index in [0.717, 1.165) is 25.2 Å². The van der Waals surface area contributed by atoms with E-state index in [9.17, 15) is 4.79 Å². The molecule has 0 atom stereocenters. The number of thiazole rings is 1. The topological polar surface area (TPSA) is 84.7 Å². The van der Waals surface area contributed by atoms with Crippen LogP contribution in [0, 0.1) is 0 Å². The zero-order chi connectivity index (χ0) is 13.1. The number of carbonyl (C=O) groups excluding carboxylic acids is 1. The second kappa shape index (κ2) is 5.45. The maximum atomic E-state index is 11.9. The van der Waals surface area contributed by atoms with Crippen molar-refractivity contribution in [2.75, 3.05) is 19.6 Å². The summed E-state index contributed by atoms with van der Waals surface area (Å²) in [6.07, 6.45) is 2.43. The molecule has 0 bridgehead atoms. The monoisotopic (exact) mass is 278 g/mol. The Balaban J connectivity index is 1.50. The number of nitrogens with zero attached hydrogens (tertiary/aromatic N) is 4. The average Bonchev–Trinajstić information content (AvgIpc) is 2.97. The molecule has 0 spiro atoms. The Morgan fingerprint density at radius 3 is 3.16 bits per heavy atom. The molecule has 0 aliphatic carbocycles. The summed E-state index contributed by atoms with van der Waals surface area (Å²) in [7, 11) is 0. The quantitative estimate of drug-likeness (QED) is 0.794. The van der Waals surface area contributed by atoms with Gasteiger partial charge in [0.1, 0.15) is 0 Å². The lowest BCUT2D eigenvalue weighted by Gasteiger charge is -2.26. The van der Waals surface area contributed by atoms with Crippen LogP contribution in [0.1, 0.15) is 22.2 Å². The van der Waals surface area contributed by atoms with Crippen molar-refractivity contribution in [2.45, 2.75) is 12.5 Å². The third-order valence-electron chi connectivity index (χ3n) is 3.03. The lowest BCUT2D eigenvalue weighted by Crippen LogP contribution is -2.43. The minimum atomic E-state index is -0.186. The molecular formula is C11H14N6OS. The van der Waals surface area contributed by atoms with Gasteiger partial charge >= 0.3 is 0 Å². The summed E-state index contributed by atoms with van der Waals surface area (Å²) in [5.41, 5.74) is 3.15. The Kier molecular flexibility index (Phi) is 3.51. The number of amides is 1. The van der Waals surface area contributed by atoms with Crippen molar-refractivity contribution in [3.63, 3.8) is 0 Å². The van der Waals surface area contributed by atoms with Gasteiger partial charge in [-0.05, 0) is 0 Å². The smallest absolute Gasteiger partial charge is 0.273 e. The Morgan fingerprint density at radius 1 is 1.58 bits per heavy atom. The van der Waals surface area contributed by atoms with Crippen LogP contribution < -0.4 is 10.6 Å². The van der Waals surface area contributed by atoms with E-state index >= 15 is 0 Å². The number of hydrogen-bond donors (Lipinski definition) is 2. The summed E-state index contributed by atoms with van der Waals surface area (Å²) in [6, 6.07) is 0.323. The maximum absolute atomic E-state index is 11.9. The van der Waals surface area contributed by atoms with Gasteiger partial charge in [0.2, 0.25) is 0 Å². The van der Waals surface area contributed by atoms with E-state index in [-0.39, 0.29) is 5.91 Å². The highest BCUT2D eigenvalue weighted by molar-refractivity contribution is 7.07. The minimum absolute atomic E-state index is 0.186. The standard InChI is InChI=1S/C11H14N6OS/c18-11(13-2-1-8-6-19-7-14-8)10-5-17(16-15-10)9-3-12-4-9/h5-7,9,12H,1-4H2,(H,13,18). The van der Waals surface area contributed by atoms with E-state index in [4.69, 9.17) is 0 Å². The highest BCUT2D eigenvalue weighted by atomic mass is 32.1. The fraction of sp³-hybridized carbons (Fsp3) is 0.455. The highest BCUT2D eigenvalue weighted by Gasteiger charge is 2.21. The van der Waals surface area contributed by atoms with Crippen LogP contribution in [0.25, 0.3) is 0 Å². The molecule has 0 unspecified atom stereocenters. The molecule has 2 N–H and O–H groups in total. The Hall–Kier alpha value is -1.80. The molecule has 0 aromatic carbocycles. The number of carbonyl (C=O) groups is 1. The van der Waals surface area contributed by atoms with Crippen LogP contribution >= 0.6 is 11.3 Å². The fourth-order valence-electron chi connectivity index (χ4n) is 1.78. The van der Waals surface area contributed by atoms with Crippen LogP contribution in [0.5, 0.6) is 0 Å². The summed E-state index contributed by atoms with van der Waals surface area (Å²) in [6.45, 7) is 2.32. The molecule has 1 fully saturated rings. The van der Waals surface area contributed by atoms with Crippen molar-refractivity contribution in [3.8, 4) is 0 Å². The molecular weight excluding hydrogens is 264 g/mol. The molecule has 8 heteroatoms. The second-order valence-electron chi connectivity index (χ2n) is 4.38. The van der Waals surface area contributed by atoms with E-state index in [0.29, 0.717) is 18.3 Å². The molecule has 3 heterocycles.